The summed E-state index contributed by atoms with van der Waals surface area (Å²) < 4.78 is 0. The molecule has 2 bridgehead atoms. The highest BCUT2D eigenvalue weighted by Gasteiger charge is 2.35. The largest absolute Gasteiger partial charge is 0.393 e. The van der Waals surface area contributed by atoms with Gasteiger partial charge in [0.1, 0.15) is 5.69 Å². The van der Waals surface area contributed by atoms with Crippen LogP contribution in [0.25, 0.3) is 0 Å². The van der Waals surface area contributed by atoms with E-state index in [0.29, 0.717) is 5.92 Å². The van der Waals surface area contributed by atoms with Gasteiger partial charge in [0.05, 0.1) is 10.5 Å². The highest BCUT2D eigenvalue weighted by Crippen LogP contribution is 2.29. The lowest BCUT2D eigenvalue weighted by Gasteiger charge is -2.44. The maximum atomic E-state index is 12.4. The van der Waals surface area contributed by atoms with Gasteiger partial charge >= 0.3 is 0 Å². The highest BCUT2D eigenvalue weighted by molar-refractivity contribution is 6.01. The van der Waals surface area contributed by atoms with E-state index in [1.807, 2.05) is 0 Å². The van der Waals surface area contributed by atoms with E-state index in [1.165, 1.54) is 18.2 Å². The van der Waals surface area contributed by atoms with E-state index >= 15 is 0 Å². The lowest BCUT2D eigenvalue weighted by atomic mass is 9.84. The Balaban J connectivity index is 1.77. The van der Waals surface area contributed by atoms with Crippen LogP contribution in [0.4, 0.5) is 11.4 Å². The number of nitrogens with zero attached hydrogens (tertiary/aromatic N) is 2. The molecule has 21 heavy (non-hydrogen) atoms. The molecule has 7 heteroatoms. The third-order valence-electron chi connectivity index (χ3n) is 4.50. The van der Waals surface area contributed by atoms with E-state index in [-0.39, 0.29) is 28.9 Å². The maximum absolute atomic E-state index is 12.4. The number of rotatable bonds is 3. The van der Waals surface area contributed by atoms with Crippen molar-refractivity contribution in [3.8, 4) is 0 Å². The number of benzene rings is 1. The highest BCUT2D eigenvalue weighted by atomic mass is 16.6. The lowest BCUT2D eigenvalue weighted by Crippen LogP contribution is -2.57. The number of nitrogen functional groups attached to an aromatic ring is 1. The number of nitrogens with one attached hydrogen (secondary N) is 1. The molecule has 1 amide bonds. The van der Waals surface area contributed by atoms with Crippen molar-refractivity contribution in [2.75, 3.05) is 25.4 Å². The molecular formula is C14H18N4O3. The number of nitro groups is 1. The lowest BCUT2D eigenvalue weighted by molar-refractivity contribution is -0.383. The zero-order chi connectivity index (χ0) is 15.0. The molecule has 0 saturated carbocycles. The smallest absolute Gasteiger partial charge is 0.292 e. The van der Waals surface area contributed by atoms with Crippen LogP contribution >= 0.6 is 0 Å². The SMILES string of the molecule is Nc1c(C(=O)NC2CN3CCC2CC3)cccc1[N+](=O)[O-]. The van der Waals surface area contributed by atoms with Crippen LogP contribution in [0.3, 0.4) is 0 Å². The Labute approximate surface area is 122 Å². The van der Waals surface area contributed by atoms with Crippen molar-refractivity contribution >= 4 is 17.3 Å². The van der Waals surface area contributed by atoms with Gasteiger partial charge in [-0.2, -0.15) is 0 Å². The number of para-hydroxylation sites is 1. The second-order valence-electron chi connectivity index (χ2n) is 5.71. The van der Waals surface area contributed by atoms with E-state index in [2.05, 4.69) is 10.2 Å². The molecule has 3 saturated heterocycles. The van der Waals surface area contributed by atoms with Crippen molar-refractivity contribution in [1.29, 1.82) is 0 Å². The first-order valence-electron chi connectivity index (χ1n) is 7.12. The summed E-state index contributed by atoms with van der Waals surface area (Å²) in [6.07, 6.45) is 2.19. The van der Waals surface area contributed by atoms with Gasteiger partial charge in [-0.15, -0.1) is 0 Å². The average molecular weight is 290 g/mol. The molecule has 3 aliphatic heterocycles. The van der Waals surface area contributed by atoms with E-state index < -0.39 is 4.92 Å². The quantitative estimate of drug-likeness (QED) is 0.491. The summed E-state index contributed by atoms with van der Waals surface area (Å²) in [5, 5.41) is 13.9. The van der Waals surface area contributed by atoms with Crippen molar-refractivity contribution in [2.45, 2.75) is 18.9 Å². The van der Waals surface area contributed by atoms with E-state index in [4.69, 9.17) is 5.73 Å². The second-order valence-corrected chi connectivity index (χ2v) is 5.71. The number of hydrogen-bond acceptors (Lipinski definition) is 5. The van der Waals surface area contributed by atoms with Gasteiger partial charge < -0.3 is 16.0 Å². The van der Waals surface area contributed by atoms with Crippen molar-refractivity contribution in [1.82, 2.24) is 10.2 Å². The number of nitro benzene ring substituents is 1. The number of carbonyl (C=O) groups is 1. The molecule has 1 aromatic carbocycles. The number of carbonyl (C=O) groups excluding carboxylic acids is 1. The van der Waals surface area contributed by atoms with Crippen LogP contribution in [0, 0.1) is 16.0 Å². The van der Waals surface area contributed by atoms with Gasteiger partial charge in [0.25, 0.3) is 11.6 Å². The van der Waals surface area contributed by atoms with Gasteiger partial charge in [0.2, 0.25) is 0 Å². The Bertz CT molecular complexity index is 582. The molecular weight excluding hydrogens is 272 g/mol. The molecule has 0 radical (unpaired) electrons. The molecule has 3 heterocycles. The van der Waals surface area contributed by atoms with E-state index in [0.717, 1.165) is 32.5 Å². The number of anilines is 1. The van der Waals surface area contributed by atoms with Gasteiger partial charge in [0, 0.05) is 18.7 Å². The predicted molar refractivity (Wildman–Crippen MR) is 77.9 cm³/mol. The molecule has 1 atom stereocenters. The Morgan fingerprint density at radius 3 is 2.67 bits per heavy atom. The first-order valence-corrected chi connectivity index (χ1v) is 7.12. The van der Waals surface area contributed by atoms with E-state index in [1.54, 1.807) is 0 Å². The minimum atomic E-state index is -0.569. The van der Waals surface area contributed by atoms with Crippen LogP contribution in [-0.4, -0.2) is 41.4 Å². The molecule has 4 rings (SSSR count). The number of fused-ring (bicyclic) bond motifs is 3. The zero-order valence-corrected chi connectivity index (χ0v) is 11.6. The molecule has 112 valence electrons. The monoisotopic (exact) mass is 290 g/mol. The third kappa shape index (κ3) is 2.56. The van der Waals surface area contributed by atoms with Crippen molar-refractivity contribution in [2.24, 2.45) is 5.92 Å². The predicted octanol–water partition coefficient (Wildman–Crippen LogP) is 1.00. The number of piperidine rings is 3. The fraction of sp³-hybridized carbons (Fsp3) is 0.500. The fourth-order valence-corrected chi connectivity index (χ4v) is 3.28. The van der Waals surface area contributed by atoms with Gasteiger partial charge in [-0.25, -0.2) is 0 Å². The number of amides is 1. The van der Waals surface area contributed by atoms with Crippen LogP contribution in [-0.2, 0) is 0 Å². The molecule has 1 unspecified atom stereocenters. The summed E-state index contributed by atoms with van der Waals surface area (Å²) in [5.74, 6) is 0.175. The molecule has 3 N–H and O–H groups in total. The average Bonchev–Trinajstić information content (AvgIpc) is 2.48. The normalized spacial score (nSPS) is 27.3. The molecule has 0 spiro atoms. The minimum Gasteiger partial charge on any atom is -0.393 e. The fourth-order valence-electron chi connectivity index (χ4n) is 3.28. The van der Waals surface area contributed by atoms with Gasteiger partial charge in [0.15, 0.2) is 0 Å². The van der Waals surface area contributed by atoms with Crippen molar-refractivity contribution in [3.63, 3.8) is 0 Å². The Morgan fingerprint density at radius 1 is 1.38 bits per heavy atom. The van der Waals surface area contributed by atoms with Crippen LogP contribution in [0.1, 0.15) is 23.2 Å². The summed E-state index contributed by atoms with van der Waals surface area (Å²) >= 11 is 0. The topological polar surface area (TPSA) is 102 Å². The van der Waals surface area contributed by atoms with Crippen LogP contribution in [0.5, 0.6) is 0 Å². The summed E-state index contributed by atoms with van der Waals surface area (Å²) in [7, 11) is 0. The summed E-state index contributed by atoms with van der Waals surface area (Å²) in [6, 6.07) is 4.43. The number of hydrogen-bond donors (Lipinski definition) is 2. The first kappa shape index (κ1) is 13.8. The molecule has 1 aromatic rings. The molecule has 7 nitrogen and oxygen atoms in total. The van der Waals surface area contributed by atoms with Crippen LogP contribution < -0.4 is 11.1 Å². The summed E-state index contributed by atoms with van der Waals surface area (Å²) in [6.45, 7) is 3.04. The Kier molecular flexibility index (Phi) is 3.50. The number of nitrogens with two attached hydrogens (primary N) is 1. The van der Waals surface area contributed by atoms with Crippen molar-refractivity contribution < 1.29 is 9.72 Å². The van der Waals surface area contributed by atoms with Crippen LogP contribution in [0.15, 0.2) is 18.2 Å². The molecule has 0 aliphatic carbocycles. The van der Waals surface area contributed by atoms with Crippen molar-refractivity contribution in [3.05, 3.63) is 33.9 Å². The van der Waals surface area contributed by atoms with Gasteiger partial charge in [-0.05, 0) is 37.9 Å². The maximum Gasteiger partial charge on any atom is 0.292 e. The Morgan fingerprint density at radius 2 is 2.10 bits per heavy atom. The minimum absolute atomic E-state index is 0.0683. The summed E-state index contributed by atoms with van der Waals surface area (Å²) in [5.41, 5.74) is 5.64. The Hall–Kier alpha value is -2.15. The standard InChI is InChI=1S/C14H18N4O3/c15-13-10(2-1-3-12(13)18(20)21)14(19)16-11-8-17-6-4-9(11)5-7-17/h1-3,9,11H,4-8,15H2,(H,16,19). The second kappa shape index (κ2) is 5.33. The zero-order valence-electron chi connectivity index (χ0n) is 11.6. The van der Waals surface area contributed by atoms with Crippen LogP contribution in [0.2, 0.25) is 0 Å². The van der Waals surface area contributed by atoms with Gasteiger partial charge in [-0.3, -0.25) is 14.9 Å². The van der Waals surface area contributed by atoms with Gasteiger partial charge in [-0.1, -0.05) is 6.07 Å². The first-order chi connectivity index (χ1) is 10.1. The molecule has 0 aromatic heterocycles. The van der Waals surface area contributed by atoms with E-state index in [9.17, 15) is 14.9 Å². The molecule has 3 aliphatic rings. The molecule has 3 fully saturated rings. The summed E-state index contributed by atoms with van der Waals surface area (Å²) in [4.78, 5) is 25.0. The third-order valence-corrected chi connectivity index (χ3v) is 4.50.